The van der Waals surface area contributed by atoms with Gasteiger partial charge in [0.1, 0.15) is 0 Å². The van der Waals surface area contributed by atoms with Crippen LogP contribution in [0.5, 0.6) is 0 Å². The van der Waals surface area contributed by atoms with Crippen LogP contribution in [0.15, 0.2) is 42.7 Å². The molecule has 0 spiro atoms. The summed E-state index contributed by atoms with van der Waals surface area (Å²) in [4.78, 5) is 28.5. The fraction of sp³-hybridized carbons (Fsp3) is 0.235. The fourth-order valence-electron chi connectivity index (χ4n) is 2.17. The Balaban J connectivity index is 1.77. The van der Waals surface area contributed by atoms with Crippen molar-refractivity contribution < 1.29 is 9.59 Å². The molecule has 0 unspecified atom stereocenters. The summed E-state index contributed by atoms with van der Waals surface area (Å²) >= 11 is 5.99. The predicted octanol–water partition coefficient (Wildman–Crippen LogP) is 3.13. The zero-order valence-corrected chi connectivity index (χ0v) is 13.1. The summed E-state index contributed by atoms with van der Waals surface area (Å²) in [5.74, 6) is 0.0448. The molecule has 1 heterocycles. The van der Waals surface area contributed by atoms with E-state index in [0.717, 1.165) is 12.8 Å². The first-order valence-electron chi connectivity index (χ1n) is 7.42. The van der Waals surface area contributed by atoms with Gasteiger partial charge in [-0.3, -0.25) is 14.6 Å². The minimum atomic E-state index is -0.300. The summed E-state index contributed by atoms with van der Waals surface area (Å²) in [7, 11) is 0. The fourth-order valence-corrected chi connectivity index (χ4v) is 2.34. The Labute approximate surface area is 139 Å². The number of amides is 2. The van der Waals surface area contributed by atoms with Gasteiger partial charge in [-0.1, -0.05) is 11.6 Å². The number of nitrogens with zero attached hydrogens (tertiary/aromatic N) is 1. The third-order valence-electron chi connectivity index (χ3n) is 3.67. The van der Waals surface area contributed by atoms with Crippen LogP contribution in [0.4, 0.5) is 5.69 Å². The van der Waals surface area contributed by atoms with E-state index in [2.05, 4.69) is 15.6 Å². The number of hydrogen-bond donors (Lipinski definition) is 2. The van der Waals surface area contributed by atoms with Gasteiger partial charge in [0, 0.05) is 29.5 Å². The number of carbonyl (C=O) groups is 2. The summed E-state index contributed by atoms with van der Waals surface area (Å²) in [6, 6.07) is 8.05. The maximum atomic E-state index is 12.3. The minimum Gasteiger partial charge on any atom is -0.352 e. The normalized spacial score (nSPS) is 13.4. The number of halogens is 1. The first-order chi connectivity index (χ1) is 11.1. The molecule has 1 aromatic carbocycles. The summed E-state index contributed by atoms with van der Waals surface area (Å²) in [5, 5.41) is 6.08. The lowest BCUT2D eigenvalue weighted by molar-refractivity contribution is 0.0952. The van der Waals surface area contributed by atoms with Crippen molar-refractivity contribution in [1.29, 1.82) is 0 Å². The Morgan fingerprint density at radius 2 is 1.87 bits per heavy atom. The van der Waals surface area contributed by atoms with Crippen molar-refractivity contribution in [2.24, 2.45) is 5.92 Å². The van der Waals surface area contributed by atoms with Crippen molar-refractivity contribution in [3.8, 4) is 0 Å². The van der Waals surface area contributed by atoms with Gasteiger partial charge < -0.3 is 10.6 Å². The standard InChI is InChI=1S/C17H16ClN3O2/c18-13-3-4-15(21-16(22)12-5-7-19-8-6-12)14(9-13)17(23)20-10-11-1-2-11/h3-9,11H,1-2,10H2,(H,20,23)(H,21,22). The van der Waals surface area contributed by atoms with Crippen molar-refractivity contribution in [3.05, 3.63) is 58.9 Å². The summed E-state index contributed by atoms with van der Waals surface area (Å²) in [6.45, 7) is 0.656. The van der Waals surface area contributed by atoms with Crippen LogP contribution < -0.4 is 10.6 Å². The second-order valence-corrected chi connectivity index (χ2v) is 5.97. The van der Waals surface area contributed by atoms with Crippen LogP contribution in [0.3, 0.4) is 0 Å². The highest BCUT2D eigenvalue weighted by molar-refractivity contribution is 6.31. The Bertz CT molecular complexity index is 730. The van der Waals surface area contributed by atoms with Crippen LogP contribution in [-0.4, -0.2) is 23.3 Å². The van der Waals surface area contributed by atoms with E-state index in [0.29, 0.717) is 34.3 Å². The van der Waals surface area contributed by atoms with Gasteiger partial charge in [-0.05, 0) is 49.1 Å². The van der Waals surface area contributed by atoms with Gasteiger partial charge in [-0.25, -0.2) is 0 Å². The van der Waals surface area contributed by atoms with E-state index in [4.69, 9.17) is 11.6 Å². The van der Waals surface area contributed by atoms with Crippen LogP contribution in [0, 0.1) is 5.92 Å². The molecule has 0 bridgehead atoms. The van der Waals surface area contributed by atoms with Gasteiger partial charge in [0.2, 0.25) is 0 Å². The largest absolute Gasteiger partial charge is 0.352 e. The zero-order chi connectivity index (χ0) is 16.2. The lowest BCUT2D eigenvalue weighted by Gasteiger charge is -2.12. The summed E-state index contributed by atoms with van der Waals surface area (Å²) < 4.78 is 0. The molecular formula is C17H16ClN3O2. The third-order valence-corrected chi connectivity index (χ3v) is 3.90. The van der Waals surface area contributed by atoms with E-state index in [9.17, 15) is 9.59 Å². The number of aromatic nitrogens is 1. The molecule has 1 aliphatic rings. The highest BCUT2D eigenvalue weighted by Crippen LogP contribution is 2.28. The van der Waals surface area contributed by atoms with E-state index in [1.54, 1.807) is 42.7 Å². The lowest BCUT2D eigenvalue weighted by atomic mass is 10.1. The van der Waals surface area contributed by atoms with E-state index < -0.39 is 0 Å². The topological polar surface area (TPSA) is 71.1 Å². The molecule has 2 N–H and O–H groups in total. The molecule has 1 fully saturated rings. The minimum absolute atomic E-state index is 0.232. The van der Waals surface area contributed by atoms with Gasteiger partial charge in [0.25, 0.3) is 11.8 Å². The molecule has 6 heteroatoms. The van der Waals surface area contributed by atoms with Gasteiger partial charge in [-0.15, -0.1) is 0 Å². The zero-order valence-electron chi connectivity index (χ0n) is 12.4. The molecule has 0 atom stereocenters. The van der Waals surface area contributed by atoms with E-state index in [1.165, 1.54) is 0 Å². The molecular weight excluding hydrogens is 314 g/mol. The van der Waals surface area contributed by atoms with E-state index in [1.807, 2.05) is 0 Å². The molecule has 0 saturated heterocycles. The van der Waals surface area contributed by atoms with E-state index in [-0.39, 0.29) is 11.8 Å². The average Bonchev–Trinajstić information content (AvgIpc) is 3.39. The number of benzene rings is 1. The molecule has 0 aliphatic heterocycles. The SMILES string of the molecule is O=C(Nc1ccc(Cl)cc1C(=O)NCC1CC1)c1ccncc1. The Kier molecular flexibility index (Phi) is 4.57. The molecule has 2 amide bonds. The summed E-state index contributed by atoms with van der Waals surface area (Å²) in [6.07, 6.45) is 5.39. The number of nitrogens with one attached hydrogen (secondary N) is 2. The molecule has 1 aromatic heterocycles. The van der Waals surface area contributed by atoms with Crippen LogP contribution in [0.2, 0.25) is 5.02 Å². The average molecular weight is 330 g/mol. The second kappa shape index (κ2) is 6.79. The van der Waals surface area contributed by atoms with Crippen LogP contribution in [-0.2, 0) is 0 Å². The Hall–Kier alpha value is -2.40. The number of hydrogen-bond acceptors (Lipinski definition) is 3. The van der Waals surface area contributed by atoms with Crippen molar-refractivity contribution in [1.82, 2.24) is 10.3 Å². The quantitative estimate of drug-likeness (QED) is 0.885. The maximum Gasteiger partial charge on any atom is 0.255 e. The van der Waals surface area contributed by atoms with Gasteiger partial charge in [0.05, 0.1) is 11.3 Å². The molecule has 0 radical (unpaired) electrons. The molecule has 118 valence electrons. The lowest BCUT2D eigenvalue weighted by Crippen LogP contribution is -2.27. The molecule has 1 aliphatic carbocycles. The van der Waals surface area contributed by atoms with Crippen molar-refractivity contribution in [2.45, 2.75) is 12.8 Å². The molecule has 23 heavy (non-hydrogen) atoms. The first kappa shape index (κ1) is 15.5. The van der Waals surface area contributed by atoms with Crippen molar-refractivity contribution in [2.75, 3.05) is 11.9 Å². The van der Waals surface area contributed by atoms with Crippen LogP contribution in [0.25, 0.3) is 0 Å². The van der Waals surface area contributed by atoms with Gasteiger partial charge in [0.15, 0.2) is 0 Å². The van der Waals surface area contributed by atoms with Crippen LogP contribution in [0.1, 0.15) is 33.6 Å². The second-order valence-electron chi connectivity index (χ2n) is 5.53. The van der Waals surface area contributed by atoms with E-state index >= 15 is 0 Å². The molecule has 2 aromatic rings. The monoisotopic (exact) mass is 329 g/mol. The first-order valence-corrected chi connectivity index (χ1v) is 7.80. The van der Waals surface area contributed by atoms with Crippen molar-refractivity contribution in [3.63, 3.8) is 0 Å². The number of carbonyl (C=O) groups excluding carboxylic acids is 2. The van der Waals surface area contributed by atoms with Gasteiger partial charge in [-0.2, -0.15) is 0 Å². The van der Waals surface area contributed by atoms with Crippen molar-refractivity contribution >= 4 is 29.1 Å². The number of pyridine rings is 1. The van der Waals surface area contributed by atoms with Gasteiger partial charge >= 0.3 is 0 Å². The Morgan fingerprint density at radius 3 is 2.57 bits per heavy atom. The Morgan fingerprint density at radius 1 is 1.13 bits per heavy atom. The molecule has 5 nitrogen and oxygen atoms in total. The molecule has 1 saturated carbocycles. The number of anilines is 1. The highest BCUT2D eigenvalue weighted by atomic mass is 35.5. The highest BCUT2D eigenvalue weighted by Gasteiger charge is 2.23. The number of rotatable bonds is 5. The molecule has 3 rings (SSSR count). The third kappa shape index (κ3) is 4.07. The maximum absolute atomic E-state index is 12.3. The smallest absolute Gasteiger partial charge is 0.255 e. The van der Waals surface area contributed by atoms with Crippen LogP contribution >= 0.6 is 11.6 Å². The summed E-state index contributed by atoms with van der Waals surface area (Å²) in [5.41, 5.74) is 1.27. The predicted molar refractivity (Wildman–Crippen MR) is 88.7 cm³/mol.